The van der Waals surface area contributed by atoms with Gasteiger partial charge in [-0.1, -0.05) is 42.5 Å². The van der Waals surface area contributed by atoms with Gasteiger partial charge in [-0.3, -0.25) is 9.69 Å². The molecular formula is C23H29N3O. The van der Waals surface area contributed by atoms with E-state index in [1.54, 1.807) is 0 Å². The molecule has 0 radical (unpaired) electrons. The number of hydrogen-bond acceptors (Lipinski definition) is 3. The number of fused-ring (bicyclic) bond motifs is 1. The summed E-state index contributed by atoms with van der Waals surface area (Å²) in [5.74, 6) is 0.272. The van der Waals surface area contributed by atoms with Gasteiger partial charge in [0.1, 0.15) is 0 Å². The minimum Gasteiger partial charge on any atom is -0.369 e. The van der Waals surface area contributed by atoms with Crippen molar-refractivity contribution in [1.82, 2.24) is 9.80 Å². The Hall–Kier alpha value is -2.33. The molecule has 0 saturated carbocycles. The van der Waals surface area contributed by atoms with E-state index in [1.165, 1.54) is 22.4 Å². The molecule has 4 heteroatoms. The van der Waals surface area contributed by atoms with Crippen LogP contribution >= 0.6 is 0 Å². The molecule has 4 rings (SSSR count). The highest BCUT2D eigenvalue weighted by atomic mass is 16.2. The molecule has 1 saturated heterocycles. The molecule has 2 aromatic carbocycles. The second kappa shape index (κ2) is 7.73. The van der Waals surface area contributed by atoms with Gasteiger partial charge < -0.3 is 9.80 Å². The average molecular weight is 364 g/mol. The summed E-state index contributed by atoms with van der Waals surface area (Å²) in [4.78, 5) is 19.9. The summed E-state index contributed by atoms with van der Waals surface area (Å²) < 4.78 is 0. The summed E-state index contributed by atoms with van der Waals surface area (Å²) in [5.41, 5.74) is 5.33. The lowest BCUT2D eigenvalue weighted by molar-refractivity contribution is -0.137. The van der Waals surface area contributed by atoms with Gasteiger partial charge in [-0.05, 0) is 43.0 Å². The number of nitrogens with zero attached hydrogens (tertiary/aromatic N) is 3. The molecule has 2 aliphatic heterocycles. The van der Waals surface area contributed by atoms with Gasteiger partial charge in [0.25, 0.3) is 0 Å². The zero-order valence-electron chi connectivity index (χ0n) is 16.4. The number of benzene rings is 2. The molecule has 142 valence electrons. The Balaban J connectivity index is 1.36. The normalized spacial score (nSPS) is 18.9. The van der Waals surface area contributed by atoms with Crippen molar-refractivity contribution < 1.29 is 4.79 Å². The molecule has 4 nitrogen and oxygen atoms in total. The quantitative estimate of drug-likeness (QED) is 0.838. The van der Waals surface area contributed by atoms with E-state index < -0.39 is 0 Å². The summed E-state index contributed by atoms with van der Waals surface area (Å²) in [6, 6.07) is 17.0. The van der Waals surface area contributed by atoms with Crippen molar-refractivity contribution in [3.05, 3.63) is 65.2 Å². The van der Waals surface area contributed by atoms with Gasteiger partial charge in [0, 0.05) is 45.0 Å². The molecule has 2 aliphatic rings. The Bertz CT molecular complexity index is 811. The first-order valence-corrected chi connectivity index (χ1v) is 10.0. The molecule has 2 heterocycles. The second-order valence-corrected chi connectivity index (χ2v) is 7.76. The molecular weight excluding hydrogens is 334 g/mol. The van der Waals surface area contributed by atoms with Crippen LogP contribution in [-0.2, 0) is 17.8 Å². The van der Waals surface area contributed by atoms with E-state index in [1.807, 2.05) is 4.90 Å². The van der Waals surface area contributed by atoms with E-state index in [4.69, 9.17) is 0 Å². The zero-order valence-corrected chi connectivity index (χ0v) is 16.4. The highest BCUT2D eigenvalue weighted by molar-refractivity contribution is 5.81. The monoisotopic (exact) mass is 363 g/mol. The van der Waals surface area contributed by atoms with Crippen molar-refractivity contribution >= 4 is 11.6 Å². The Morgan fingerprint density at radius 1 is 0.889 bits per heavy atom. The maximum atomic E-state index is 13.1. The molecule has 0 N–H and O–H groups in total. The van der Waals surface area contributed by atoms with Gasteiger partial charge in [-0.15, -0.1) is 0 Å². The molecule has 0 spiro atoms. The van der Waals surface area contributed by atoms with Crippen molar-refractivity contribution in [2.75, 3.05) is 37.6 Å². The predicted octanol–water partition coefficient (Wildman–Crippen LogP) is 3.09. The van der Waals surface area contributed by atoms with Crippen molar-refractivity contribution in [2.45, 2.75) is 32.9 Å². The van der Waals surface area contributed by atoms with Crippen molar-refractivity contribution in [3.8, 4) is 0 Å². The van der Waals surface area contributed by atoms with Crippen molar-refractivity contribution in [2.24, 2.45) is 0 Å². The largest absolute Gasteiger partial charge is 0.369 e. The van der Waals surface area contributed by atoms with Crippen molar-refractivity contribution in [1.29, 1.82) is 0 Å². The number of rotatable bonds is 3. The summed E-state index contributed by atoms with van der Waals surface area (Å²) >= 11 is 0. The van der Waals surface area contributed by atoms with Crippen LogP contribution in [0.15, 0.2) is 48.5 Å². The van der Waals surface area contributed by atoms with E-state index in [9.17, 15) is 4.79 Å². The first-order chi connectivity index (χ1) is 13.1. The van der Waals surface area contributed by atoms with Crippen LogP contribution in [0.1, 0.15) is 23.6 Å². The van der Waals surface area contributed by atoms with Gasteiger partial charge in [0.2, 0.25) is 5.91 Å². The van der Waals surface area contributed by atoms with Crippen LogP contribution in [0.2, 0.25) is 0 Å². The number of para-hydroxylation sites is 1. The Morgan fingerprint density at radius 2 is 1.56 bits per heavy atom. The molecule has 27 heavy (non-hydrogen) atoms. The summed E-state index contributed by atoms with van der Waals surface area (Å²) in [7, 11) is 0. The van der Waals surface area contributed by atoms with E-state index in [0.29, 0.717) is 0 Å². The fourth-order valence-corrected chi connectivity index (χ4v) is 4.37. The highest BCUT2D eigenvalue weighted by Gasteiger charge is 2.30. The van der Waals surface area contributed by atoms with Gasteiger partial charge in [0.15, 0.2) is 0 Å². The fourth-order valence-electron chi connectivity index (χ4n) is 4.37. The molecule has 1 fully saturated rings. The van der Waals surface area contributed by atoms with E-state index >= 15 is 0 Å². The molecule has 0 unspecified atom stereocenters. The van der Waals surface area contributed by atoms with Crippen LogP contribution in [0, 0.1) is 6.92 Å². The van der Waals surface area contributed by atoms with Crippen LogP contribution in [0.25, 0.3) is 0 Å². The highest BCUT2D eigenvalue weighted by Crippen LogP contribution is 2.23. The summed E-state index contributed by atoms with van der Waals surface area (Å²) in [6.07, 6.45) is 0.968. The number of amides is 1. The molecule has 1 atom stereocenters. The standard InChI is InChI=1S/C23H29N3O/c1-18-7-3-6-10-22(18)25-15-13-24(14-16-25)19(2)23(27)26-12-11-20-8-4-5-9-21(20)17-26/h3-10,19H,11-17H2,1-2H3/t19-/m0/s1. The maximum absolute atomic E-state index is 13.1. The number of carbonyl (C=O) groups excluding carboxylic acids is 1. The molecule has 0 aliphatic carbocycles. The third-order valence-corrected chi connectivity index (χ3v) is 6.12. The first kappa shape index (κ1) is 18.1. The predicted molar refractivity (Wildman–Crippen MR) is 110 cm³/mol. The lowest BCUT2D eigenvalue weighted by Gasteiger charge is -2.41. The topological polar surface area (TPSA) is 26.8 Å². The van der Waals surface area contributed by atoms with Crippen molar-refractivity contribution in [3.63, 3.8) is 0 Å². The third kappa shape index (κ3) is 3.72. The number of carbonyl (C=O) groups is 1. The van der Waals surface area contributed by atoms with Gasteiger partial charge in [-0.2, -0.15) is 0 Å². The second-order valence-electron chi connectivity index (χ2n) is 7.76. The van der Waals surface area contributed by atoms with Crippen LogP contribution in [0.3, 0.4) is 0 Å². The molecule has 0 aromatic heterocycles. The Morgan fingerprint density at radius 3 is 2.30 bits per heavy atom. The lowest BCUT2D eigenvalue weighted by Crippen LogP contribution is -2.55. The molecule has 2 aromatic rings. The van der Waals surface area contributed by atoms with E-state index in [-0.39, 0.29) is 11.9 Å². The SMILES string of the molecule is Cc1ccccc1N1CCN([C@@H](C)C(=O)N2CCc3ccccc3C2)CC1. The minimum absolute atomic E-state index is 0.0470. The number of anilines is 1. The zero-order chi connectivity index (χ0) is 18.8. The number of piperazine rings is 1. The van der Waals surface area contributed by atoms with Crippen LogP contribution in [0.5, 0.6) is 0 Å². The Kier molecular flexibility index (Phi) is 5.17. The van der Waals surface area contributed by atoms with Crippen LogP contribution < -0.4 is 4.90 Å². The summed E-state index contributed by atoms with van der Waals surface area (Å²) in [6.45, 7) is 9.66. The lowest BCUT2D eigenvalue weighted by atomic mass is 9.99. The van der Waals surface area contributed by atoms with Gasteiger partial charge in [0.05, 0.1) is 6.04 Å². The van der Waals surface area contributed by atoms with Crippen LogP contribution in [-0.4, -0.2) is 54.5 Å². The molecule has 1 amide bonds. The first-order valence-electron chi connectivity index (χ1n) is 10.0. The van der Waals surface area contributed by atoms with E-state index in [0.717, 1.165) is 45.7 Å². The van der Waals surface area contributed by atoms with Crippen LogP contribution in [0.4, 0.5) is 5.69 Å². The molecule has 0 bridgehead atoms. The number of aryl methyl sites for hydroxylation is 1. The van der Waals surface area contributed by atoms with E-state index in [2.05, 4.69) is 72.2 Å². The number of hydrogen-bond donors (Lipinski definition) is 0. The third-order valence-electron chi connectivity index (χ3n) is 6.12. The van der Waals surface area contributed by atoms with Gasteiger partial charge in [-0.25, -0.2) is 0 Å². The minimum atomic E-state index is -0.0470. The van der Waals surface area contributed by atoms with Gasteiger partial charge >= 0.3 is 0 Å². The average Bonchev–Trinajstić information content (AvgIpc) is 2.73. The Labute approximate surface area is 162 Å². The maximum Gasteiger partial charge on any atom is 0.239 e. The smallest absolute Gasteiger partial charge is 0.239 e. The fraction of sp³-hybridized carbons (Fsp3) is 0.435. The summed E-state index contributed by atoms with van der Waals surface area (Å²) in [5, 5.41) is 0.